The minimum Gasteiger partial charge on any atom is -0.438 e. The van der Waals surface area contributed by atoms with Gasteiger partial charge >= 0.3 is 6.18 Å². The Labute approximate surface area is 207 Å². The number of ether oxygens (including phenoxy) is 1. The van der Waals surface area contributed by atoms with Crippen molar-refractivity contribution >= 4 is 22.5 Å². The molecule has 4 rings (SSSR count). The molecule has 0 aliphatic heterocycles. The summed E-state index contributed by atoms with van der Waals surface area (Å²) in [5, 5.41) is 0.179. The van der Waals surface area contributed by atoms with E-state index in [0.29, 0.717) is 23.1 Å². The maximum Gasteiger partial charge on any atom is 0.421 e. The topological polar surface area (TPSA) is 44.1 Å². The minimum atomic E-state index is -4.74. The normalized spacial score (nSPS) is 11.8. The van der Waals surface area contributed by atoms with Crippen LogP contribution in [0.4, 0.5) is 22.0 Å². The smallest absolute Gasteiger partial charge is 0.421 e. The van der Waals surface area contributed by atoms with Crippen molar-refractivity contribution < 1.29 is 26.7 Å². The van der Waals surface area contributed by atoms with Gasteiger partial charge in [-0.3, -0.25) is 4.79 Å². The number of pyridine rings is 2. The minimum absolute atomic E-state index is 0.0155. The zero-order valence-electron chi connectivity index (χ0n) is 19.2. The van der Waals surface area contributed by atoms with Crippen LogP contribution >= 0.6 is 11.6 Å². The second kappa shape index (κ2) is 9.89. The van der Waals surface area contributed by atoms with E-state index in [4.69, 9.17) is 16.3 Å². The van der Waals surface area contributed by atoms with E-state index < -0.39 is 29.3 Å². The number of alkyl halides is 4. The third kappa shape index (κ3) is 5.06. The largest absolute Gasteiger partial charge is 0.438 e. The number of aromatic nitrogens is 2. The van der Waals surface area contributed by atoms with Crippen molar-refractivity contribution in [1.82, 2.24) is 9.55 Å². The monoisotopic (exact) mass is 522 g/mol. The molecule has 0 aliphatic carbocycles. The van der Waals surface area contributed by atoms with Gasteiger partial charge in [0.05, 0.1) is 12.1 Å². The first-order valence-corrected chi connectivity index (χ1v) is 11.5. The molecule has 0 saturated carbocycles. The van der Waals surface area contributed by atoms with Crippen molar-refractivity contribution in [1.29, 1.82) is 0 Å². The fraction of sp³-hybridized carbons (Fsp3) is 0.231. The van der Waals surface area contributed by atoms with Gasteiger partial charge in [0.25, 0.3) is 0 Å². The fourth-order valence-corrected chi connectivity index (χ4v) is 4.10. The molecule has 2 aromatic carbocycles. The highest BCUT2D eigenvalue weighted by atomic mass is 35.5. The second-order valence-electron chi connectivity index (χ2n) is 8.26. The Morgan fingerprint density at radius 3 is 2.50 bits per heavy atom. The molecular formula is C26H20ClF5N2O2. The van der Waals surface area contributed by atoms with Crippen LogP contribution in [0, 0.1) is 18.6 Å². The standard InChI is InChI=1S/C26H20ClF5N2O2/c1-3-16-12-34(13-20-14(2)6-17(28)8-22(20)29)23-5-4-18(9-19(23)24(16)35)36-25-21(26(30,31)32)7-15(10-27)11-33-25/h4-9,11-12H,3,10,13H2,1-2H3. The Hall–Kier alpha value is -3.46. The Balaban J connectivity index is 1.81. The molecule has 10 heteroatoms. The van der Waals surface area contributed by atoms with Crippen molar-refractivity contribution in [3.8, 4) is 11.6 Å². The Morgan fingerprint density at radius 1 is 1.11 bits per heavy atom. The van der Waals surface area contributed by atoms with Crippen molar-refractivity contribution in [2.24, 2.45) is 0 Å². The van der Waals surface area contributed by atoms with Crippen LogP contribution in [0.15, 0.2) is 53.6 Å². The molecule has 4 aromatic rings. The van der Waals surface area contributed by atoms with Gasteiger partial charge in [0.1, 0.15) is 22.9 Å². The van der Waals surface area contributed by atoms with Crippen molar-refractivity contribution in [2.45, 2.75) is 38.9 Å². The van der Waals surface area contributed by atoms with E-state index >= 15 is 0 Å². The van der Waals surface area contributed by atoms with Gasteiger partial charge in [-0.25, -0.2) is 13.8 Å². The third-order valence-corrected chi connectivity index (χ3v) is 6.11. The van der Waals surface area contributed by atoms with Crippen LogP contribution in [0.25, 0.3) is 10.9 Å². The van der Waals surface area contributed by atoms with Crippen LogP contribution in [-0.4, -0.2) is 9.55 Å². The average Bonchev–Trinajstić information content (AvgIpc) is 2.82. The first-order chi connectivity index (χ1) is 17.0. The summed E-state index contributed by atoms with van der Waals surface area (Å²) >= 11 is 5.65. The highest BCUT2D eigenvalue weighted by molar-refractivity contribution is 6.17. The van der Waals surface area contributed by atoms with Gasteiger partial charge in [-0.05, 0) is 54.8 Å². The van der Waals surface area contributed by atoms with Crippen molar-refractivity contribution in [2.75, 3.05) is 0 Å². The molecule has 188 valence electrons. The number of benzene rings is 2. The second-order valence-corrected chi connectivity index (χ2v) is 8.52. The highest BCUT2D eigenvalue weighted by Crippen LogP contribution is 2.38. The molecule has 4 nitrogen and oxygen atoms in total. The number of nitrogens with zero attached hydrogens (tertiary/aromatic N) is 2. The Bertz CT molecular complexity index is 1490. The summed E-state index contributed by atoms with van der Waals surface area (Å²) in [5.41, 5.74) is 0.239. The zero-order valence-corrected chi connectivity index (χ0v) is 20.0. The first kappa shape index (κ1) is 25.6. The Morgan fingerprint density at radius 2 is 1.86 bits per heavy atom. The summed E-state index contributed by atoms with van der Waals surface area (Å²) in [4.78, 5) is 16.8. The quantitative estimate of drug-likeness (QED) is 0.200. The summed E-state index contributed by atoms with van der Waals surface area (Å²) < 4.78 is 75.9. The molecule has 2 heterocycles. The molecule has 0 spiro atoms. The average molecular weight is 523 g/mol. The number of hydrogen-bond acceptors (Lipinski definition) is 3. The van der Waals surface area contributed by atoms with Crippen LogP contribution in [-0.2, 0) is 25.0 Å². The lowest BCUT2D eigenvalue weighted by molar-refractivity contribution is -0.138. The lowest BCUT2D eigenvalue weighted by atomic mass is 10.1. The molecular weight excluding hydrogens is 503 g/mol. The lowest BCUT2D eigenvalue weighted by Gasteiger charge is -2.17. The molecule has 0 saturated heterocycles. The lowest BCUT2D eigenvalue weighted by Crippen LogP contribution is -2.16. The summed E-state index contributed by atoms with van der Waals surface area (Å²) in [6.45, 7) is 3.37. The summed E-state index contributed by atoms with van der Waals surface area (Å²) in [7, 11) is 0. The van der Waals surface area contributed by atoms with Gasteiger partial charge in [0, 0.05) is 40.9 Å². The fourth-order valence-electron chi connectivity index (χ4n) is 3.95. The van der Waals surface area contributed by atoms with E-state index in [1.165, 1.54) is 30.5 Å². The maximum atomic E-state index is 14.5. The number of rotatable bonds is 6. The molecule has 0 atom stereocenters. The van der Waals surface area contributed by atoms with E-state index in [-0.39, 0.29) is 40.1 Å². The summed E-state index contributed by atoms with van der Waals surface area (Å²) in [5.74, 6) is -2.27. The van der Waals surface area contributed by atoms with Gasteiger partial charge in [0.15, 0.2) is 5.43 Å². The molecule has 36 heavy (non-hydrogen) atoms. The molecule has 0 fully saturated rings. The molecule has 0 bridgehead atoms. The van der Waals surface area contributed by atoms with Crippen molar-refractivity contribution in [3.63, 3.8) is 0 Å². The third-order valence-electron chi connectivity index (χ3n) is 5.80. The highest BCUT2D eigenvalue weighted by Gasteiger charge is 2.36. The predicted octanol–water partition coefficient (Wildman–Crippen LogP) is 7.14. The molecule has 0 radical (unpaired) electrons. The molecule has 0 aliphatic rings. The predicted molar refractivity (Wildman–Crippen MR) is 127 cm³/mol. The Kier molecular flexibility index (Phi) is 7.04. The van der Waals surface area contributed by atoms with E-state index in [1.807, 2.05) is 0 Å². The van der Waals surface area contributed by atoms with Gasteiger partial charge in [0.2, 0.25) is 5.88 Å². The molecule has 0 N–H and O–H groups in total. The first-order valence-electron chi connectivity index (χ1n) is 10.9. The van der Waals surface area contributed by atoms with Gasteiger partial charge in [-0.1, -0.05) is 6.92 Å². The number of halogens is 6. The van der Waals surface area contributed by atoms with E-state index in [1.54, 1.807) is 24.6 Å². The number of hydrogen-bond donors (Lipinski definition) is 0. The summed E-state index contributed by atoms with van der Waals surface area (Å²) in [6.07, 6.45) is -1.59. The van der Waals surface area contributed by atoms with Crippen LogP contribution in [0.5, 0.6) is 11.6 Å². The summed E-state index contributed by atoms with van der Waals surface area (Å²) in [6, 6.07) is 7.10. The van der Waals surface area contributed by atoms with Crippen LogP contribution in [0.2, 0.25) is 0 Å². The van der Waals surface area contributed by atoms with Crippen LogP contribution in [0.3, 0.4) is 0 Å². The zero-order chi connectivity index (χ0) is 26.2. The van der Waals surface area contributed by atoms with Crippen LogP contribution in [0.1, 0.15) is 34.7 Å². The SMILES string of the molecule is CCc1cn(Cc2c(C)cc(F)cc2F)c2ccc(Oc3ncc(CCl)cc3C(F)(F)F)cc2c1=O. The van der Waals surface area contributed by atoms with E-state index in [2.05, 4.69) is 4.98 Å². The van der Waals surface area contributed by atoms with E-state index in [9.17, 15) is 26.7 Å². The van der Waals surface area contributed by atoms with Gasteiger partial charge < -0.3 is 9.30 Å². The number of fused-ring (bicyclic) bond motifs is 1. The maximum absolute atomic E-state index is 14.5. The van der Waals surface area contributed by atoms with Crippen molar-refractivity contribution in [3.05, 3.63) is 98.5 Å². The molecule has 0 amide bonds. The van der Waals surface area contributed by atoms with Gasteiger partial charge in [-0.15, -0.1) is 11.6 Å². The van der Waals surface area contributed by atoms with Crippen LogP contribution < -0.4 is 10.2 Å². The molecule has 2 aromatic heterocycles. The van der Waals surface area contributed by atoms with E-state index in [0.717, 1.165) is 12.1 Å². The number of aryl methyl sites for hydroxylation is 2. The molecule has 0 unspecified atom stereocenters. The van der Waals surface area contributed by atoms with Gasteiger partial charge in [-0.2, -0.15) is 13.2 Å².